The molecule has 0 aliphatic heterocycles. The third kappa shape index (κ3) is 7.01. The number of benzene rings is 1. The number of anilines is 1. The Labute approximate surface area is 187 Å². The van der Waals surface area contributed by atoms with Gasteiger partial charge >= 0.3 is 6.61 Å². The van der Waals surface area contributed by atoms with Gasteiger partial charge in [0.1, 0.15) is 11.6 Å². The molecule has 1 aromatic heterocycles. The first kappa shape index (κ1) is 23.6. The minimum Gasteiger partial charge on any atom is -0.484 e. The van der Waals surface area contributed by atoms with E-state index in [9.17, 15) is 22.8 Å². The summed E-state index contributed by atoms with van der Waals surface area (Å²) in [4.78, 5) is 28.2. The van der Waals surface area contributed by atoms with E-state index in [1.54, 1.807) is 0 Å². The predicted octanol–water partition coefficient (Wildman–Crippen LogP) is 4.17. The molecule has 1 aliphatic carbocycles. The Morgan fingerprint density at radius 1 is 1.16 bits per heavy atom. The molecular weight excluding hydrogens is 451 g/mol. The number of rotatable bonds is 8. The van der Waals surface area contributed by atoms with E-state index in [2.05, 4.69) is 20.4 Å². The van der Waals surface area contributed by atoms with Gasteiger partial charge in [-0.15, -0.1) is 0 Å². The van der Waals surface area contributed by atoms with Crippen LogP contribution in [0.15, 0.2) is 36.5 Å². The number of nitrogens with zero attached hydrogens (tertiary/aromatic N) is 1. The Bertz CT molecular complexity index is 938. The lowest BCUT2D eigenvalue weighted by molar-refractivity contribution is -0.124. The van der Waals surface area contributed by atoms with E-state index in [0.717, 1.165) is 6.07 Å². The molecule has 3 rings (SSSR count). The zero-order valence-electron chi connectivity index (χ0n) is 16.8. The normalized spacial score (nSPS) is 18.2. The van der Waals surface area contributed by atoms with Gasteiger partial charge in [-0.1, -0.05) is 11.6 Å². The minimum absolute atomic E-state index is 0.0309. The number of halogens is 4. The smallest absolute Gasteiger partial charge is 0.388 e. The van der Waals surface area contributed by atoms with Gasteiger partial charge in [-0.2, -0.15) is 8.78 Å². The minimum atomic E-state index is -2.97. The number of nitrogens with one attached hydrogen (secondary N) is 2. The molecule has 0 bridgehead atoms. The van der Waals surface area contributed by atoms with Crippen molar-refractivity contribution in [2.75, 3.05) is 11.9 Å². The number of aromatic nitrogens is 1. The van der Waals surface area contributed by atoms with Gasteiger partial charge in [-0.3, -0.25) is 9.59 Å². The van der Waals surface area contributed by atoms with Crippen molar-refractivity contribution in [2.45, 2.75) is 38.3 Å². The Morgan fingerprint density at radius 2 is 1.91 bits per heavy atom. The van der Waals surface area contributed by atoms with Crippen LogP contribution in [0.5, 0.6) is 11.6 Å². The van der Waals surface area contributed by atoms with Crippen LogP contribution in [0.25, 0.3) is 0 Å². The summed E-state index contributed by atoms with van der Waals surface area (Å²) in [5, 5.41) is 5.52. The Morgan fingerprint density at radius 3 is 2.53 bits per heavy atom. The van der Waals surface area contributed by atoms with Gasteiger partial charge in [0, 0.05) is 24.1 Å². The number of amides is 2. The summed E-state index contributed by atoms with van der Waals surface area (Å²) < 4.78 is 47.1. The van der Waals surface area contributed by atoms with Crippen LogP contribution in [0.1, 0.15) is 25.7 Å². The van der Waals surface area contributed by atoms with Crippen molar-refractivity contribution in [3.63, 3.8) is 0 Å². The van der Waals surface area contributed by atoms with Gasteiger partial charge < -0.3 is 20.1 Å². The molecule has 172 valence electrons. The van der Waals surface area contributed by atoms with Crippen molar-refractivity contribution in [3.8, 4) is 11.6 Å². The molecule has 2 N–H and O–H groups in total. The molecule has 1 fully saturated rings. The molecule has 7 nitrogen and oxygen atoms in total. The van der Waals surface area contributed by atoms with E-state index < -0.39 is 12.4 Å². The monoisotopic (exact) mass is 471 g/mol. The van der Waals surface area contributed by atoms with Crippen LogP contribution in [0.2, 0.25) is 5.02 Å². The number of carbonyl (C=O) groups excluding carboxylic acids is 2. The molecular formula is C21H21ClF3N3O4. The van der Waals surface area contributed by atoms with E-state index in [-0.39, 0.29) is 47.0 Å². The first-order valence-electron chi connectivity index (χ1n) is 9.89. The van der Waals surface area contributed by atoms with Crippen LogP contribution in [0.4, 0.5) is 18.9 Å². The van der Waals surface area contributed by atoms with Gasteiger partial charge in [0.15, 0.2) is 6.61 Å². The summed E-state index contributed by atoms with van der Waals surface area (Å²) in [6.07, 6.45) is 3.60. The van der Waals surface area contributed by atoms with Crippen LogP contribution in [-0.4, -0.2) is 36.1 Å². The van der Waals surface area contributed by atoms with Crippen molar-refractivity contribution in [3.05, 3.63) is 47.4 Å². The fraction of sp³-hybridized carbons (Fsp3) is 0.381. The van der Waals surface area contributed by atoms with Crippen molar-refractivity contribution in [1.29, 1.82) is 0 Å². The Hall–Kier alpha value is -3.01. The maximum Gasteiger partial charge on any atom is 0.388 e. The van der Waals surface area contributed by atoms with Gasteiger partial charge in [-0.25, -0.2) is 9.37 Å². The quantitative estimate of drug-likeness (QED) is 0.603. The van der Waals surface area contributed by atoms with Gasteiger partial charge in [0.2, 0.25) is 11.8 Å². The van der Waals surface area contributed by atoms with Crippen LogP contribution in [0.3, 0.4) is 0 Å². The molecule has 0 unspecified atom stereocenters. The van der Waals surface area contributed by atoms with E-state index in [1.165, 1.54) is 30.5 Å². The van der Waals surface area contributed by atoms with E-state index >= 15 is 0 Å². The molecule has 1 heterocycles. The molecule has 0 spiro atoms. The summed E-state index contributed by atoms with van der Waals surface area (Å²) in [6.45, 7) is -3.23. The SMILES string of the molecule is O=C(COc1ccc(Cl)c(F)c1)N[C@H]1CC[C@H](C(=O)Nc2ccc(OC(F)F)nc2)CC1. The lowest BCUT2D eigenvalue weighted by Crippen LogP contribution is -2.41. The molecule has 0 atom stereocenters. The topological polar surface area (TPSA) is 89.5 Å². The summed E-state index contributed by atoms with van der Waals surface area (Å²) in [5.41, 5.74) is 0.378. The highest BCUT2D eigenvalue weighted by molar-refractivity contribution is 6.30. The van der Waals surface area contributed by atoms with Gasteiger partial charge in [0.05, 0.1) is 16.9 Å². The van der Waals surface area contributed by atoms with Crippen molar-refractivity contribution in [1.82, 2.24) is 10.3 Å². The summed E-state index contributed by atoms with van der Waals surface area (Å²) in [7, 11) is 0. The highest BCUT2D eigenvalue weighted by Gasteiger charge is 2.27. The van der Waals surface area contributed by atoms with Crippen molar-refractivity contribution in [2.24, 2.45) is 5.92 Å². The molecule has 1 saturated carbocycles. The van der Waals surface area contributed by atoms with Crippen LogP contribution < -0.4 is 20.1 Å². The summed E-state index contributed by atoms with van der Waals surface area (Å²) in [6, 6.07) is 6.50. The Balaban J connectivity index is 1.38. The maximum absolute atomic E-state index is 13.4. The number of ether oxygens (including phenoxy) is 2. The molecule has 1 aliphatic rings. The average molecular weight is 472 g/mol. The van der Waals surface area contributed by atoms with E-state index in [4.69, 9.17) is 16.3 Å². The first-order valence-corrected chi connectivity index (χ1v) is 10.3. The summed E-state index contributed by atoms with van der Waals surface area (Å²) >= 11 is 5.60. The van der Waals surface area contributed by atoms with Crippen molar-refractivity contribution >= 4 is 29.1 Å². The largest absolute Gasteiger partial charge is 0.484 e. The standard InChI is InChI=1S/C21H21ClF3N3O4/c22-16-7-6-15(9-17(16)23)31-11-18(29)27-13-3-1-12(2-4-13)20(30)28-14-5-8-19(26-10-14)32-21(24)25/h5-10,12-13,21H,1-4,11H2,(H,27,29)(H,28,30)/t12-,13-. The van der Waals surface area contributed by atoms with Crippen LogP contribution >= 0.6 is 11.6 Å². The van der Waals surface area contributed by atoms with Crippen LogP contribution in [-0.2, 0) is 9.59 Å². The number of hydrogen-bond donors (Lipinski definition) is 2. The van der Waals surface area contributed by atoms with E-state index in [1.807, 2.05) is 0 Å². The molecule has 11 heteroatoms. The third-order valence-corrected chi connectivity index (χ3v) is 5.24. The second-order valence-electron chi connectivity index (χ2n) is 7.23. The lowest BCUT2D eigenvalue weighted by Gasteiger charge is -2.28. The Kier molecular flexibility index (Phi) is 8.15. The zero-order valence-corrected chi connectivity index (χ0v) is 17.6. The predicted molar refractivity (Wildman–Crippen MR) is 110 cm³/mol. The second-order valence-corrected chi connectivity index (χ2v) is 7.64. The fourth-order valence-electron chi connectivity index (χ4n) is 3.34. The first-order chi connectivity index (χ1) is 15.3. The molecule has 1 aromatic carbocycles. The number of pyridine rings is 1. The molecule has 0 radical (unpaired) electrons. The molecule has 32 heavy (non-hydrogen) atoms. The summed E-state index contributed by atoms with van der Waals surface area (Å²) in [5.74, 6) is -1.45. The number of carbonyl (C=O) groups is 2. The highest BCUT2D eigenvalue weighted by atomic mass is 35.5. The van der Waals surface area contributed by atoms with Crippen LogP contribution in [0, 0.1) is 11.7 Å². The third-order valence-electron chi connectivity index (χ3n) is 4.94. The van der Waals surface area contributed by atoms with Crippen molar-refractivity contribution < 1.29 is 32.2 Å². The lowest BCUT2D eigenvalue weighted by atomic mass is 9.85. The molecule has 0 saturated heterocycles. The molecule has 2 aromatic rings. The zero-order chi connectivity index (χ0) is 23.1. The maximum atomic E-state index is 13.4. The van der Waals surface area contributed by atoms with Gasteiger partial charge in [-0.05, 0) is 43.9 Å². The average Bonchev–Trinajstić information content (AvgIpc) is 2.76. The molecule has 2 amide bonds. The van der Waals surface area contributed by atoms with Gasteiger partial charge in [0.25, 0.3) is 5.91 Å². The van der Waals surface area contributed by atoms with E-state index in [0.29, 0.717) is 31.4 Å². The number of alkyl halides is 2. The number of hydrogen-bond acceptors (Lipinski definition) is 5. The second kappa shape index (κ2) is 11.0. The highest BCUT2D eigenvalue weighted by Crippen LogP contribution is 2.26. The fourth-order valence-corrected chi connectivity index (χ4v) is 3.46.